The van der Waals surface area contributed by atoms with Crippen LogP contribution >= 0.6 is 11.3 Å². The number of amides is 1. The van der Waals surface area contributed by atoms with Crippen LogP contribution in [-0.2, 0) is 33.3 Å². The highest BCUT2D eigenvalue weighted by Gasteiger charge is 2.29. The number of rotatable bonds is 6. The van der Waals surface area contributed by atoms with Crippen molar-refractivity contribution in [3.05, 3.63) is 46.5 Å². The van der Waals surface area contributed by atoms with Crippen LogP contribution in [0, 0.1) is 0 Å². The van der Waals surface area contributed by atoms with Crippen molar-refractivity contribution in [3.8, 4) is 0 Å². The minimum absolute atomic E-state index is 0.0130. The van der Waals surface area contributed by atoms with Gasteiger partial charge in [0.2, 0.25) is 5.91 Å². The van der Waals surface area contributed by atoms with Crippen molar-refractivity contribution < 1.29 is 27.5 Å². The summed E-state index contributed by atoms with van der Waals surface area (Å²) in [6.07, 6.45) is -4.47. The van der Waals surface area contributed by atoms with Crippen LogP contribution < -0.4 is 5.32 Å². The Labute approximate surface area is 145 Å². The number of carbonyl (C=O) groups excluding carboxylic acids is 2. The molecule has 5 nitrogen and oxygen atoms in total. The lowest BCUT2D eigenvalue weighted by molar-refractivity contribution is -0.142. The Bertz CT molecular complexity index is 742. The topological polar surface area (TPSA) is 68.3 Å². The van der Waals surface area contributed by atoms with E-state index >= 15 is 0 Å². The van der Waals surface area contributed by atoms with Gasteiger partial charge in [-0.05, 0) is 24.6 Å². The second-order valence-corrected chi connectivity index (χ2v) is 5.90. The number of carbonyl (C=O) groups is 2. The highest BCUT2D eigenvalue weighted by Crippen LogP contribution is 2.29. The Morgan fingerprint density at radius 1 is 1.20 bits per heavy atom. The van der Waals surface area contributed by atoms with E-state index in [9.17, 15) is 22.8 Å². The summed E-state index contributed by atoms with van der Waals surface area (Å²) in [5.74, 6) is -0.813. The molecule has 2 rings (SSSR count). The van der Waals surface area contributed by atoms with Crippen LogP contribution in [0.3, 0.4) is 0 Å². The van der Waals surface area contributed by atoms with Gasteiger partial charge in [0.15, 0.2) is 5.13 Å². The second kappa shape index (κ2) is 8.11. The number of aromatic nitrogens is 1. The SMILES string of the molecule is CCOC(=O)Cc1csc(NC(=O)Cc2ccc(C(F)(F)F)cc2)n1. The molecule has 0 aliphatic heterocycles. The normalized spacial score (nSPS) is 11.2. The number of anilines is 1. The third kappa shape index (κ3) is 5.86. The van der Waals surface area contributed by atoms with Gasteiger partial charge in [-0.15, -0.1) is 11.3 Å². The molecule has 1 aromatic heterocycles. The maximum Gasteiger partial charge on any atom is 0.416 e. The molecule has 1 heterocycles. The fraction of sp³-hybridized carbons (Fsp3) is 0.312. The lowest BCUT2D eigenvalue weighted by atomic mass is 10.1. The molecule has 0 atom stereocenters. The zero-order chi connectivity index (χ0) is 18.4. The number of halogens is 3. The Balaban J connectivity index is 1.90. The van der Waals surface area contributed by atoms with E-state index in [2.05, 4.69) is 10.3 Å². The molecule has 0 saturated heterocycles. The lowest BCUT2D eigenvalue weighted by Gasteiger charge is -2.07. The number of nitrogens with one attached hydrogen (secondary N) is 1. The molecule has 134 valence electrons. The molecule has 2 aromatic rings. The van der Waals surface area contributed by atoms with E-state index in [0.29, 0.717) is 16.4 Å². The van der Waals surface area contributed by atoms with Crippen LogP contribution in [0.4, 0.5) is 18.3 Å². The molecule has 0 radical (unpaired) electrons. The van der Waals surface area contributed by atoms with E-state index in [0.717, 1.165) is 23.5 Å². The van der Waals surface area contributed by atoms with Gasteiger partial charge in [-0.25, -0.2) is 4.98 Å². The number of alkyl halides is 3. The van der Waals surface area contributed by atoms with E-state index in [1.165, 1.54) is 12.1 Å². The molecule has 0 spiro atoms. The standard InChI is InChI=1S/C16H15F3N2O3S/c1-2-24-14(23)8-12-9-25-15(20-12)21-13(22)7-10-3-5-11(6-4-10)16(17,18)19/h3-6,9H,2,7-8H2,1H3,(H,20,21,22). The molecule has 9 heteroatoms. The number of hydrogen-bond acceptors (Lipinski definition) is 5. The molecule has 0 unspecified atom stereocenters. The first-order valence-electron chi connectivity index (χ1n) is 7.34. The monoisotopic (exact) mass is 372 g/mol. The van der Waals surface area contributed by atoms with Crippen molar-refractivity contribution in [1.82, 2.24) is 4.98 Å². The van der Waals surface area contributed by atoms with Gasteiger partial charge in [0.05, 0.1) is 30.7 Å². The van der Waals surface area contributed by atoms with Crippen molar-refractivity contribution in [2.45, 2.75) is 25.9 Å². The first kappa shape index (κ1) is 18.9. The number of esters is 1. The fourth-order valence-corrected chi connectivity index (χ4v) is 2.69. The molecule has 0 aliphatic carbocycles. The predicted molar refractivity (Wildman–Crippen MR) is 86.2 cm³/mol. The number of thiazole rings is 1. The molecule has 0 fully saturated rings. The maximum atomic E-state index is 12.5. The summed E-state index contributed by atoms with van der Waals surface area (Å²) >= 11 is 1.15. The van der Waals surface area contributed by atoms with Crippen molar-refractivity contribution in [2.75, 3.05) is 11.9 Å². The summed E-state index contributed by atoms with van der Waals surface area (Å²) in [5.41, 5.74) is 0.169. The summed E-state index contributed by atoms with van der Waals surface area (Å²) < 4.78 is 42.3. The van der Waals surface area contributed by atoms with Gasteiger partial charge >= 0.3 is 12.1 Å². The highest BCUT2D eigenvalue weighted by molar-refractivity contribution is 7.13. The number of benzene rings is 1. The van der Waals surface area contributed by atoms with Crippen molar-refractivity contribution in [3.63, 3.8) is 0 Å². The van der Waals surface area contributed by atoms with Crippen LogP contribution in [0.5, 0.6) is 0 Å². The van der Waals surface area contributed by atoms with Crippen molar-refractivity contribution in [1.29, 1.82) is 0 Å². The van der Waals surface area contributed by atoms with Crippen LogP contribution in [0.1, 0.15) is 23.7 Å². The summed E-state index contributed by atoms with van der Waals surface area (Å²) in [5, 5.41) is 4.50. The first-order chi connectivity index (χ1) is 11.8. The van der Waals surface area contributed by atoms with Gasteiger partial charge in [-0.3, -0.25) is 9.59 Å². The van der Waals surface area contributed by atoms with E-state index in [1.807, 2.05) is 0 Å². The predicted octanol–water partition coefficient (Wildman–Crippen LogP) is 3.45. The van der Waals surface area contributed by atoms with Gasteiger partial charge < -0.3 is 10.1 Å². The Hall–Kier alpha value is -2.42. The summed E-state index contributed by atoms with van der Waals surface area (Å²) in [4.78, 5) is 27.4. The third-order valence-electron chi connectivity index (χ3n) is 3.07. The molecule has 0 bridgehead atoms. The molecule has 0 saturated carbocycles. The first-order valence-corrected chi connectivity index (χ1v) is 8.22. The van der Waals surface area contributed by atoms with E-state index in [-0.39, 0.29) is 19.4 Å². The van der Waals surface area contributed by atoms with Crippen molar-refractivity contribution >= 4 is 28.3 Å². The summed E-state index contributed by atoms with van der Waals surface area (Å²) in [6.45, 7) is 1.98. The smallest absolute Gasteiger partial charge is 0.416 e. The van der Waals surface area contributed by atoms with Gasteiger partial charge in [-0.2, -0.15) is 13.2 Å². The highest BCUT2D eigenvalue weighted by atomic mass is 32.1. The zero-order valence-electron chi connectivity index (χ0n) is 13.2. The van der Waals surface area contributed by atoms with Crippen molar-refractivity contribution in [2.24, 2.45) is 0 Å². The van der Waals surface area contributed by atoms with Gasteiger partial charge in [0.25, 0.3) is 0 Å². The molecule has 1 aromatic carbocycles. The zero-order valence-corrected chi connectivity index (χ0v) is 14.0. The number of hydrogen-bond donors (Lipinski definition) is 1. The minimum atomic E-state index is -4.41. The van der Waals surface area contributed by atoms with Gasteiger partial charge in [0, 0.05) is 5.38 Å². The summed E-state index contributed by atoms with van der Waals surface area (Å²) in [6, 6.07) is 4.39. The summed E-state index contributed by atoms with van der Waals surface area (Å²) in [7, 11) is 0. The van der Waals surface area contributed by atoms with E-state index in [1.54, 1.807) is 12.3 Å². The average molecular weight is 372 g/mol. The average Bonchev–Trinajstić information content (AvgIpc) is 2.93. The molecule has 1 amide bonds. The molecular formula is C16H15F3N2O3S. The molecular weight excluding hydrogens is 357 g/mol. The van der Waals surface area contributed by atoms with E-state index in [4.69, 9.17) is 4.74 Å². The van der Waals surface area contributed by atoms with E-state index < -0.39 is 23.6 Å². The fourth-order valence-electron chi connectivity index (χ4n) is 1.97. The van der Waals surface area contributed by atoms with Gasteiger partial charge in [0.1, 0.15) is 0 Å². The largest absolute Gasteiger partial charge is 0.466 e. The minimum Gasteiger partial charge on any atom is -0.466 e. The second-order valence-electron chi connectivity index (χ2n) is 5.05. The lowest BCUT2D eigenvalue weighted by Crippen LogP contribution is -2.15. The Kier molecular flexibility index (Phi) is 6.13. The van der Waals surface area contributed by atoms with Crippen LogP contribution in [0.15, 0.2) is 29.6 Å². The molecule has 1 N–H and O–H groups in total. The Morgan fingerprint density at radius 3 is 2.48 bits per heavy atom. The quantitative estimate of drug-likeness (QED) is 0.789. The molecule has 0 aliphatic rings. The number of nitrogens with zero attached hydrogens (tertiary/aromatic N) is 1. The molecule has 25 heavy (non-hydrogen) atoms. The van der Waals surface area contributed by atoms with Crippen LogP contribution in [-0.4, -0.2) is 23.5 Å². The number of ether oxygens (including phenoxy) is 1. The third-order valence-corrected chi connectivity index (χ3v) is 3.88. The Morgan fingerprint density at radius 2 is 1.88 bits per heavy atom. The van der Waals surface area contributed by atoms with Gasteiger partial charge in [-0.1, -0.05) is 12.1 Å². The maximum absolute atomic E-state index is 12.5. The van der Waals surface area contributed by atoms with Crippen LogP contribution in [0.25, 0.3) is 0 Å². The van der Waals surface area contributed by atoms with Crippen LogP contribution in [0.2, 0.25) is 0 Å².